The fourth-order valence-corrected chi connectivity index (χ4v) is 2.57. The van der Waals surface area contributed by atoms with E-state index in [1.807, 2.05) is 33.8 Å². The highest BCUT2D eigenvalue weighted by molar-refractivity contribution is 5.99. The summed E-state index contributed by atoms with van der Waals surface area (Å²) >= 11 is 0. The molecule has 0 saturated heterocycles. The van der Waals surface area contributed by atoms with E-state index >= 15 is 0 Å². The third-order valence-electron chi connectivity index (χ3n) is 3.47. The number of aryl methyl sites for hydroxylation is 1. The Balaban J connectivity index is 2.67. The standard InChI is InChI=1S/C16H27N3O2/c1-7-19-12(4)8-14(13(19)5)15(20)9-18(6)10-16(21)17-11(2)3/h8,11H,7,9-10H2,1-6H3,(H,17,21). The molecule has 0 radical (unpaired) electrons. The van der Waals surface area contributed by atoms with Crippen molar-refractivity contribution in [2.75, 3.05) is 20.1 Å². The Morgan fingerprint density at radius 2 is 1.90 bits per heavy atom. The van der Waals surface area contributed by atoms with Crippen molar-refractivity contribution in [1.29, 1.82) is 0 Å². The van der Waals surface area contributed by atoms with E-state index in [9.17, 15) is 9.59 Å². The van der Waals surface area contributed by atoms with Crippen LogP contribution < -0.4 is 5.32 Å². The van der Waals surface area contributed by atoms with Crippen LogP contribution in [0, 0.1) is 13.8 Å². The van der Waals surface area contributed by atoms with Crippen molar-refractivity contribution < 1.29 is 9.59 Å². The molecule has 0 fully saturated rings. The van der Waals surface area contributed by atoms with Gasteiger partial charge in [0.1, 0.15) is 0 Å². The molecule has 1 rings (SSSR count). The number of nitrogens with zero attached hydrogens (tertiary/aromatic N) is 2. The molecule has 1 aromatic rings. The van der Waals surface area contributed by atoms with Crippen LogP contribution in [-0.2, 0) is 11.3 Å². The van der Waals surface area contributed by atoms with Gasteiger partial charge in [0.25, 0.3) is 0 Å². The van der Waals surface area contributed by atoms with Crippen LogP contribution in [0.15, 0.2) is 6.07 Å². The maximum absolute atomic E-state index is 12.4. The van der Waals surface area contributed by atoms with Crippen LogP contribution >= 0.6 is 0 Å². The summed E-state index contributed by atoms with van der Waals surface area (Å²) < 4.78 is 2.12. The molecule has 0 saturated carbocycles. The van der Waals surface area contributed by atoms with Crippen molar-refractivity contribution in [3.05, 3.63) is 23.0 Å². The highest BCUT2D eigenvalue weighted by atomic mass is 16.2. The van der Waals surface area contributed by atoms with Gasteiger partial charge in [-0.05, 0) is 47.7 Å². The number of hydrogen-bond acceptors (Lipinski definition) is 3. The molecule has 1 amide bonds. The third-order valence-corrected chi connectivity index (χ3v) is 3.47. The first-order chi connectivity index (χ1) is 9.76. The molecule has 1 N–H and O–H groups in total. The van der Waals surface area contributed by atoms with Gasteiger partial charge >= 0.3 is 0 Å². The van der Waals surface area contributed by atoms with Gasteiger partial charge in [-0.1, -0.05) is 0 Å². The average Bonchev–Trinajstić information content (AvgIpc) is 2.62. The number of hydrogen-bond donors (Lipinski definition) is 1. The molecule has 0 aromatic carbocycles. The van der Waals surface area contributed by atoms with E-state index in [0.29, 0.717) is 0 Å². The zero-order chi connectivity index (χ0) is 16.2. The number of carbonyl (C=O) groups is 2. The van der Waals surface area contributed by atoms with Gasteiger partial charge < -0.3 is 9.88 Å². The molecule has 21 heavy (non-hydrogen) atoms. The number of likely N-dealkylation sites (N-methyl/N-ethyl adjacent to an activating group) is 1. The fraction of sp³-hybridized carbons (Fsp3) is 0.625. The summed E-state index contributed by atoms with van der Waals surface area (Å²) in [6.45, 7) is 11.2. The Morgan fingerprint density at radius 3 is 2.38 bits per heavy atom. The average molecular weight is 293 g/mol. The first-order valence-corrected chi connectivity index (χ1v) is 7.44. The van der Waals surface area contributed by atoms with Crippen LogP contribution in [-0.4, -0.2) is 47.3 Å². The number of rotatable bonds is 7. The second-order valence-electron chi connectivity index (χ2n) is 5.85. The Hall–Kier alpha value is -1.62. The minimum Gasteiger partial charge on any atom is -0.353 e. The van der Waals surface area contributed by atoms with Gasteiger partial charge in [0, 0.05) is 29.5 Å². The number of ketones is 1. The highest BCUT2D eigenvalue weighted by Crippen LogP contribution is 2.15. The predicted molar refractivity (Wildman–Crippen MR) is 84.7 cm³/mol. The minimum atomic E-state index is -0.0562. The molecule has 0 spiro atoms. The SMILES string of the molecule is CCn1c(C)cc(C(=O)CN(C)CC(=O)NC(C)C)c1C. The highest BCUT2D eigenvalue weighted by Gasteiger charge is 2.17. The van der Waals surface area contributed by atoms with E-state index in [-0.39, 0.29) is 30.8 Å². The summed E-state index contributed by atoms with van der Waals surface area (Å²) in [5, 5.41) is 2.82. The normalized spacial score (nSPS) is 11.2. The first-order valence-electron chi connectivity index (χ1n) is 7.44. The Bertz CT molecular complexity index is 518. The van der Waals surface area contributed by atoms with Crippen LogP contribution in [0.25, 0.3) is 0 Å². The van der Waals surface area contributed by atoms with Gasteiger partial charge in [0.15, 0.2) is 5.78 Å². The van der Waals surface area contributed by atoms with E-state index in [4.69, 9.17) is 0 Å². The third kappa shape index (κ3) is 4.70. The second kappa shape index (κ2) is 7.41. The minimum absolute atomic E-state index is 0.0562. The molecule has 0 aliphatic heterocycles. The molecule has 0 bridgehead atoms. The lowest BCUT2D eigenvalue weighted by Gasteiger charge is -2.16. The quantitative estimate of drug-likeness (QED) is 0.780. The summed E-state index contributed by atoms with van der Waals surface area (Å²) in [7, 11) is 1.79. The van der Waals surface area contributed by atoms with Crippen LogP contribution in [0.3, 0.4) is 0 Å². The van der Waals surface area contributed by atoms with E-state index in [2.05, 4.69) is 16.8 Å². The second-order valence-corrected chi connectivity index (χ2v) is 5.85. The van der Waals surface area contributed by atoms with E-state index in [1.54, 1.807) is 11.9 Å². The number of carbonyl (C=O) groups excluding carboxylic acids is 2. The predicted octanol–water partition coefficient (Wildman–Crippen LogP) is 1.76. The largest absolute Gasteiger partial charge is 0.353 e. The summed E-state index contributed by atoms with van der Waals surface area (Å²) in [5.74, 6) is 0.00183. The Kier molecular flexibility index (Phi) is 6.15. The van der Waals surface area contributed by atoms with Crippen molar-refractivity contribution in [3.63, 3.8) is 0 Å². The smallest absolute Gasteiger partial charge is 0.234 e. The number of nitrogens with one attached hydrogen (secondary N) is 1. The topological polar surface area (TPSA) is 54.3 Å². The lowest BCUT2D eigenvalue weighted by Crippen LogP contribution is -2.40. The van der Waals surface area contributed by atoms with Crippen molar-refractivity contribution in [3.8, 4) is 0 Å². The number of amides is 1. The summed E-state index contributed by atoms with van der Waals surface area (Å²) in [5.41, 5.74) is 2.85. The van der Waals surface area contributed by atoms with E-state index in [0.717, 1.165) is 23.5 Å². The molecule has 1 aromatic heterocycles. The first kappa shape index (κ1) is 17.4. The van der Waals surface area contributed by atoms with Gasteiger partial charge in [0.05, 0.1) is 13.1 Å². The van der Waals surface area contributed by atoms with Gasteiger partial charge in [-0.3, -0.25) is 14.5 Å². The Morgan fingerprint density at radius 1 is 1.29 bits per heavy atom. The van der Waals surface area contributed by atoms with Crippen LogP contribution in [0.5, 0.6) is 0 Å². The molecular formula is C16H27N3O2. The maximum atomic E-state index is 12.4. The summed E-state index contributed by atoms with van der Waals surface area (Å²) in [6, 6.07) is 2.05. The van der Waals surface area contributed by atoms with Crippen LogP contribution in [0.4, 0.5) is 0 Å². The molecule has 0 unspecified atom stereocenters. The molecular weight excluding hydrogens is 266 g/mol. The molecule has 5 heteroatoms. The Labute approximate surface area is 127 Å². The fourth-order valence-electron chi connectivity index (χ4n) is 2.57. The van der Waals surface area contributed by atoms with Gasteiger partial charge in [0.2, 0.25) is 5.91 Å². The van der Waals surface area contributed by atoms with E-state index in [1.165, 1.54) is 0 Å². The maximum Gasteiger partial charge on any atom is 0.234 e. The lowest BCUT2D eigenvalue weighted by molar-refractivity contribution is -0.122. The lowest BCUT2D eigenvalue weighted by atomic mass is 10.1. The van der Waals surface area contributed by atoms with Gasteiger partial charge in [-0.15, -0.1) is 0 Å². The van der Waals surface area contributed by atoms with Crippen LogP contribution in [0.1, 0.15) is 42.5 Å². The van der Waals surface area contributed by atoms with E-state index < -0.39 is 0 Å². The molecule has 0 aliphatic rings. The molecule has 0 atom stereocenters. The van der Waals surface area contributed by atoms with Crippen molar-refractivity contribution >= 4 is 11.7 Å². The molecule has 0 aliphatic carbocycles. The van der Waals surface area contributed by atoms with Crippen molar-refractivity contribution in [2.45, 2.75) is 47.2 Å². The zero-order valence-corrected chi connectivity index (χ0v) is 14.0. The van der Waals surface area contributed by atoms with Gasteiger partial charge in [-0.25, -0.2) is 0 Å². The van der Waals surface area contributed by atoms with Crippen LogP contribution in [0.2, 0.25) is 0 Å². The van der Waals surface area contributed by atoms with Crippen molar-refractivity contribution in [2.24, 2.45) is 0 Å². The summed E-state index contributed by atoms with van der Waals surface area (Å²) in [4.78, 5) is 25.8. The van der Waals surface area contributed by atoms with Gasteiger partial charge in [-0.2, -0.15) is 0 Å². The van der Waals surface area contributed by atoms with Crippen molar-refractivity contribution in [1.82, 2.24) is 14.8 Å². The summed E-state index contributed by atoms with van der Waals surface area (Å²) in [6.07, 6.45) is 0. The number of Topliss-reactive ketones (excluding diaryl/α,β-unsaturated/α-hetero) is 1. The molecule has 118 valence electrons. The molecule has 5 nitrogen and oxygen atoms in total. The monoisotopic (exact) mass is 293 g/mol. The number of aromatic nitrogens is 1. The molecule has 1 heterocycles. The zero-order valence-electron chi connectivity index (χ0n) is 14.0.